The molecule has 0 fully saturated rings. The van der Waals surface area contributed by atoms with E-state index in [0.717, 1.165) is 25.0 Å². The molecular weight excluding hydrogens is 551 g/mol. The molecule has 0 amide bonds. The molecule has 4 aromatic rings. The van der Waals surface area contributed by atoms with Crippen molar-refractivity contribution in [2.75, 3.05) is 0 Å². The summed E-state index contributed by atoms with van der Waals surface area (Å²) in [7, 11) is 0. The monoisotopic (exact) mass is 585 g/mol. The molecule has 2 heteroatoms. The Labute approximate surface area is 263 Å². The van der Waals surface area contributed by atoms with Gasteiger partial charge in [0.2, 0.25) is 0 Å². The number of thiophene rings is 1. The van der Waals surface area contributed by atoms with Crippen LogP contribution in [0.3, 0.4) is 0 Å². The molecule has 44 heavy (non-hydrogen) atoms. The number of nitrogens with zero attached hydrogens (tertiary/aromatic N) is 1. The highest BCUT2D eigenvalue weighted by molar-refractivity contribution is 7.19. The number of allylic oxidation sites excluding steroid dienone is 12. The van der Waals surface area contributed by atoms with Gasteiger partial charge in [-0.2, -0.15) is 0 Å². The summed E-state index contributed by atoms with van der Waals surface area (Å²) in [5, 5.41) is 2.82. The lowest BCUT2D eigenvalue weighted by Crippen LogP contribution is -2.06. The van der Waals surface area contributed by atoms with Gasteiger partial charge in [-0.1, -0.05) is 91.6 Å². The van der Waals surface area contributed by atoms with Gasteiger partial charge in [0, 0.05) is 26.3 Å². The molecule has 2 unspecified atom stereocenters. The summed E-state index contributed by atoms with van der Waals surface area (Å²) in [6.45, 7) is 2.33. The summed E-state index contributed by atoms with van der Waals surface area (Å²) >= 11 is 2.02. The third-order valence-corrected chi connectivity index (χ3v) is 11.3. The summed E-state index contributed by atoms with van der Waals surface area (Å²) in [5.74, 6) is 0.891. The molecular formula is C42H35NS. The Morgan fingerprint density at radius 1 is 0.955 bits per heavy atom. The van der Waals surface area contributed by atoms with Crippen molar-refractivity contribution in [2.24, 2.45) is 11.8 Å². The van der Waals surface area contributed by atoms with Gasteiger partial charge >= 0.3 is 0 Å². The van der Waals surface area contributed by atoms with Crippen LogP contribution in [0, 0.1) is 11.8 Å². The Hall–Kier alpha value is -4.36. The topological polar surface area (TPSA) is 4.93 Å². The molecule has 9 rings (SSSR count). The third kappa shape index (κ3) is 4.20. The number of aromatic nitrogens is 1. The largest absolute Gasteiger partial charge is 0.303 e. The van der Waals surface area contributed by atoms with Gasteiger partial charge in [-0.25, -0.2) is 0 Å². The molecule has 0 spiro atoms. The molecule has 0 radical (unpaired) electrons. The molecule has 0 saturated heterocycles. The van der Waals surface area contributed by atoms with Crippen LogP contribution in [0.1, 0.15) is 64.6 Å². The zero-order valence-corrected chi connectivity index (χ0v) is 26.0. The first-order valence-corrected chi connectivity index (χ1v) is 17.0. The fraction of sp³-hybridized carbons (Fsp3) is 0.214. The van der Waals surface area contributed by atoms with Gasteiger partial charge in [-0.15, -0.1) is 11.3 Å². The van der Waals surface area contributed by atoms with Crippen molar-refractivity contribution in [1.29, 1.82) is 0 Å². The Kier molecular flexibility index (Phi) is 6.15. The lowest BCUT2D eigenvalue weighted by atomic mass is 9.85. The summed E-state index contributed by atoms with van der Waals surface area (Å²) in [6, 6.07) is 11.8. The molecule has 2 aromatic carbocycles. The minimum Gasteiger partial charge on any atom is -0.303 e. The molecule has 1 nitrogen and oxygen atoms in total. The molecule has 0 aliphatic heterocycles. The van der Waals surface area contributed by atoms with E-state index in [0.29, 0.717) is 11.8 Å². The number of hydrogen-bond acceptors (Lipinski definition) is 1. The van der Waals surface area contributed by atoms with Crippen LogP contribution in [0.2, 0.25) is 0 Å². The smallest absolute Gasteiger partial charge is 0.0894 e. The SMILES string of the molecule is CC1C=Cc2c(c3cc4c(cc3n2C2=C=CC(C3C=CC=C(c5cccc6c7c(sc56)CCCC=C7)C3)=C2)C=CC=CC4)C1. The van der Waals surface area contributed by atoms with Crippen molar-refractivity contribution in [3.8, 4) is 0 Å². The fourth-order valence-electron chi connectivity index (χ4n) is 7.78. The van der Waals surface area contributed by atoms with E-state index in [1.165, 1.54) is 84.9 Å². The summed E-state index contributed by atoms with van der Waals surface area (Å²) < 4.78 is 3.92. The number of hydrogen-bond donors (Lipinski definition) is 0. The minimum absolute atomic E-state index is 0.339. The second-order valence-corrected chi connectivity index (χ2v) is 14.0. The number of rotatable bonds is 3. The highest BCUT2D eigenvalue weighted by Gasteiger charge is 2.26. The van der Waals surface area contributed by atoms with Crippen LogP contribution in [0.4, 0.5) is 0 Å². The lowest BCUT2D eigenvalue weighted by Gasteiger charge is -2.20. The van der Waals surface area contributed by atoms with Crippen molar-refractivity contribution in [2.45, 2.75) is 45.4 Å². The molecule has 214 valence electrons. The van der Waals surface area contributed by atoms with Crippen molar-refractivity contribution < 1.29 is 0 Å². The zero-order valence-electron chi connectivity index (χ0n) is 25.1. The quantitative estimate of drug-likeness (QED) is 0.211. The Bertz CT molecular complexity index is 2170. The van der Waals surface area contributed by atoms with Gasteiger partial charge in [0.1, 0.15) is 0 Å². The standard InChI is InChI=1S/C42H35NS/c1-27-18-21-39-37(22-27)38-25-29-10-4-2-5-11-30(29)26-40(38)43(39)33-20-19-31(24-33)28-12-8-13-32(23-28)34-15-9-16-36-35-14-6-3-7-17-41(35)44-42(34)36/h2,4-6,8-9,11-16,18-19,21,24-28H,3,7,10,17,22-23H2,1H3. The van der Waals surface area contributed by atoms with Crippen LogP contribution in [0.25, 0.3) is 50.5 Å². The maximum Gasteiger partial charge on any atom is 0.0894 e. The van der Waals surface area contributed by atoms with E-state index in [1.807, 2.05) is 11.3 Å². The van der Waals surface area contributed by atoms with Crippen molar-refractivity contribution in [1.82, 2.24) is 4.57 Å². The first kappa shape index (κ1) is 26.1. The van der Waals surface area contributed by atoms with E-state index >= 15 is 0 Å². The second-order valence-electron chi connectivity index (χ2n) is 12.9. The predicted octanol–water partition coefficient (Wildman–Crippen LogP) is 11.1. The zero-order chi connectivity index (χ0) is 29.2. The molecule has 2 heterocycles. The van der Waals surface area contributed by atoms with E-state index in [9.17, 15) is 0 Å². The van der Waals surface area contributed by atoms with Crippen LogP contribution in [0.15, 0.2) is 102 Å². The number of aryl methyl sites for hydroxylation is 1. The third-order valence-electron chi connectivity index (χ3n) is 10.0. The Morgan fingerprint density at radius 2 is 1.93 bits per heavy atom. The Morgan fingerprint density at radius 3 is 2.91 bits per heavy atom. The highest BCUT2D eigenvalue weighted by atomic mass is 32.1. The molecule has 2 aromatic heterocycles. The number of fused-ring (bicyclic) bond motifs is 7. The van der Waals surface area contributed by atoms with Gasteiger partial charge in [-0.3, -0.25) is 0 Å². The summed E-state index contributed by atoms with van der Waals surface area (Å²) in [6.07, 6.45) is 36.7. The maximum atomic E-state index is 3.71. The summed E-state index contributed by atoms with van der Waals surface area (Å²) in [4.78, 5) is 1.55. The summed E-state index contributed by atoms with van der Waals surface area (Å²) in [5.41, 5.74) is 17.4. The van der Waals surface area contributed by atoms with Gasteiger partial charge in [0.05, 0.1) is 16.9 Å². The lowest BCUT2D eigenvalue weighted by molar-refractivity contribution is 0.718. The first-order valence-electron chi connectivity index (χ1n) is 16.2. The average molecular weight is 586 g/mol. The van der Waals surface area contributed by atoms with Crippen molar-refractivity contribution >= 4 is 61.8 Å². The van der Waals surface area contributed by atoms with E-state index in [2.05, 4.69) is 127 Å². The van der Waals surface area contributed by atoms with Crippen molar-refractivity contribution in [3.63, 3.8) is 0 Å². The number of benzene rings is 2. The minimum atomic E-state index is 0.339. The predicted molar refractivity (Wildman–Crippen MR) is 191 cm³/mol. The van der Waals surface area contributed by atoms with Gasteiger partial charge in [0.15, 0.2) is 0 Å². The van der Waals surface area contributed by atoms with Crippen LogP contribution in [0.5, 0.6) is 0 Å². The molecule has 0 N–H and O–H groups in total. The highest BCUT2D eigenvalue weighted by Crippen LogP contribution is 2.43. The average Bonchev–Trinajstić information content (AvgIpc) is 3.62. The van der Waals surface area contributed by atoms with Gasteiger partial charge in [0.25, 0.3) is 0 Å². The normalized spacial score (nSPS) is 21.6. The molecule has 0 bridgehead atoms. The molecule has 2 atom stereocenters. The van der Waals surface area contributed by atoms with Crippen LogP contribution in [-0.4, -0.2) is 4.57 Å². The molecule has 0 saturated carbocycles. The van der Waals surface area contributed by atoms with Crippen LogP contribution in [-0.2, 0) is 19.3 Å². The maximum absolute atomic E-state index is 3.71. The van der Waals surface area contributed by atoms with Gasteiger partial charge < -0.3 is 4.57 Å². The second kappa shape index (κ2) is 10.4. The van der Waals surface area contributed by atoms with Gasteiger partial charge in [-0.05, 0) is 114 Å². The van der Waals surface area contributed by atoms with E-state index in [1.54, 1.807) is 4.88 Å². The molecule has 5 aliphatic rings. The Balaban J connectivity index is 1.08. The van der Waals surface area contributed by atoms with Crippen molar-refractivity contribution in [3.05, 3.63) is 141 Å². The van der Waals surface area contributed by atoms with E-state index in [4.69, 9.17) is 0 Å². The van der Waals surface area contributed by atoms with E-state index in [-0.39, 0.29) is 0 Å². The first-order chi connectivity index (χ1) is 21.7. The van der Waals surface area contributed by atoms with E-state index < -0.39 is 0 Å². The molecule has 5 aliphatic carbocycles. The van der Waals surface area contributed by atoms with Crippen LogP contribution >= 0.6 is 11.3 Å². The fourth-order valence-corrected chi connectivity index (χ4v) is 9.16. The van der Waals surface area contributed by atoms with Crippen LogP contribution < -0.4 is 0 Å².